The van der Waals surface area contributed by atoms with Gasteiger partial charge in [-0.25, -0.2) is 8.42 Å². The molecule has 0 atom stereocenters. The van der Waals surface area contributed by atoms with Gasteiger partial charge in [0.2, 0.25) is 0 Å². The molecule has 1 saturated carbocycles. The van der Waals surface area contributed by atoms with E-state index < -0.39 is 33.1 Å². The summed E-state index contributed by atoms with van der Waals surface area (Å²) in [6, 6.07) is 5.61. The third-order valence-electron chi connectivity index (χ3n) is 4.80. The van der Waals surface area contributed by atoms with Crippen LogP contribution < -0.4 is 0 Å². The molecule has 0 unspecified atom stereocenters. The highest BCUT2D eigenvalue weighted by atomic mass is 32.2. The normalized spacial score (nSPS) is 16.0. The second-order valence-corrected chi connectivity index (χ2v) is 9.32. The lowest BCUT2D eigenvalue weighted by atomic mass is 9.81. The van der Waals surface area contributed by atoms with E-state index in [9.17, 15) is 22.8 Å². The molecule has 0 radical (unpaired) electrons. The summed E-state index contributed by atoms with van der Waals surface area (Å²) in [6.07, 6.45) is 1.89. The van der Waals surface area contributed by atoms with Gasteiger partial charge in [-0.15, -0.1) is 0 Å². The predicted octanol–water partition coefficient (Wildman–Crippen LogP) is 2.99. The number of hydrogen-bond donors (Lipinski definition) is 0. The number of nitrogens with zero attached hydrogens (tertiary/aromatic N) is 1. The van der Waals surface area contributed by atoms with Gasteiger partial charge in [-0.3, -0.25) is 14.4 Å². The molecule has 148 valence electrons. The van der Waals surface area contributed by atoms with E-state index in [-0.39, 0.29) is 40.5 Å². The Morgan fingerprint density at radius 3 is 2.32 bits per heavy atom. The van der Waals surface area contributed by atoms with Gasteiger partial charge in [0.15, 0.2) is 32.9 Å². The fourth-order valence-electron chi connectivity index (χ4n) is 3.25. The van der Waals surface area contributed by atoms with E-state index in [1.54, 1.807) is 6.07 Å². The molecule has 7 nitrogen and oxygen atoms in total. The Morgan fingerprint density at radius 2 is 1.79 bits per heavy atom. The lowest BCUT2D eigenvalue weighted by molar-refractivity contribution is -0.133. The van der Waals surface area contributed by atoms with Crippen molar-refractivity contribution in [3.05, 3.63) is 35.5 Å². The lowest BCUT2D eigenvalue weighted by Crippen LogP contribution is -2.35. The number of Topliss-reactive ketones (excluding diaryl/α,β-unsaturated/α-hetero) is 3. The summed E-state index contributed by atoms with van der Waals surface area (Å²) in [5, 5.41) is 3.94. The van der Waals surface area contributed by atoms with Crippen molar-refractivity contribution in [1.29, 1.82) is 0 Å². The molecule has 1 heterocycles. The molecular formula is C20H21NO6S. The van der Waals surface area contributed by atoms with E-state index in [1.807, 2.05) is 13.8 Å². The second-order valence-electron chi connectivity index (χ2n) is 7.34. The van der Waals surface area contributed by atoms with Gasteiger partial charge in [0.25, 0.3) is 0 Å². The summed E-state index contributed by atoms with van der Waals surface area (Å²) < 4.78 is 29.7. The van der Waals surface area contributed by atoms with Gasteiger partial charge in [0.05, 0.1) is 10.6 Å². The van der Waals surface area contributed by atoms with E-state index in [1.165, 1.54) is 18.2 Å². The molecule has 2 aromatic rings. The summed E-state index contributed by atoms with van der Waals surface area (Å²) in [5.74, 6) is -2.43. The molecule has 1 aliphatic rings. The van der Waals surface area contributed by atoms with Crippen LogP contribution in [0.3, 0.4) is 0 Å². The molecule has 0 N–H and O–H groups in total. The largest absolute Gasteiger partial charge is 0.356 e. The zero-order valence-corrected chi connectivity index (χ0v) is 16.7. The molecule has 28 heavy (non-hydrogen) atoms. The third-order valence-corrected chi connectivity index (χ3v) is 5.96. The van der Waals surface area contributed by atoms with Crippen molar-refractivity contribution in [3.8, 4) is 11.3 Å². The molecule has 0 aliphatic heterocycles. The van der Waals surface area contributed by atoms with Gasteiger partial charge in [0.1, 0.15) is 5.92 Å². The molecule has 3 rings (SSSR count). The summed E-state index contributed by atoms with van der Waals surface area (Å²) in [4.78, 5) is 37.0. The maximum absolute atomic E-state index is 12.8. The van der Waals surface area contributed by atoms with E-state index in [0.29, 0.717) is 12.1 Å². The molecule has 0 saturated heterocycles. The summed E-state index contributed by atoms with van der Waals surface area (Å²) in [7, 11) is -3.61. The van der Waals surface area contributed by atoms with Gasteiger partial charge in [-0.2, -0.15) is 0 Å². The van der Waals surface area contributed by atoms with Gasteiger partial charge in [-0.1, -0.05) is 25.1 Å². The minimum absolute atomic E-state index is 0.0168. The minimum Gasteiger partial charge on any atom is -0.356 e. The molecule has 0 bridgehead atoms. The third kappa shape index (κ3) is 3.82. The van der Waals surface area contributed by atoms with Crippen LogP contribution in [0.15, 0.2) is 33.7 Å². The molecule has 0 amide bonds. The first-order valence-electron chi connectivity index (χ1n) is 9.00. The van der Waals surface area contributed by atoms with Crippen LogP contribution in [0.2, 0.25) is 0 Å². The van der Waals surface area contributed by atoms with E-state index in [4.69, 9.17) is 4.52 Å². The Morgan fingerprint density at radius 1 is 1.14 bits per heavy atom. The maximum Gasteiger partial charge on any atom is 0.180 e. The van der Waals surface area contributed by atoms with Crippen LogP contribution in [-0.2, 0) is 19.4 Å². The van der Waals surface area contributed by atoms with Crippen LogP contribution in [0.25, 0.3) is 11.3 Å². The van der Waals surface area contributed by atoms with Gasteiger partial charge in [-0.05, 0) is 24.5 Å². The standard InChI is InChI=1S/C20H21NO6S/c1-11(2)14-10-17(27-21-14)13-9-12(7-8-18(13)28(3,25)26)20(24)19-15(22)5-4-6-16(19)23/h7-11,19H,4-6H2,1-3H3. The van der Waals surface area contributed by atoms with Crippen molar-refractivity contribution >= 4 is 27.2 Å². The van der Waals surface area contributed by atoms with Crippen LogP contribution in [-0.4, -0.2) is 37.2 Å². The predicted molar refractivity (Wildman–Crippen MR) is 101 cm³/mol. The van der Waals surface area contributed by atoms with Crippen LogP contribution >= 0.6 is 0 Å². The number of ketones is 3. The zero-order valence-electron chi connectivity index (χ0n) is 15.9. The lowest BCUT2D eigenvalue weighted by Gasteiger charge is -2.18. The molecule has 8 heteroatoms. The van der Waals surface area contributed by atoms with E-state index >= 15 is 0 Å². The minimum atomic E-state index is -3.61. The summed E-state index contributed by atoms with van der Waals surface area (Å²) >= 11 is 0. The fourth-order valence-corrected chi connectivity index (χ4v) is 4.13. The van der Waals surface area contributed by atoms with Gasteiger partial charge >= 0.3 is 0 Å². The second kappa shape index (κ2) is 7.43. The summed E-state index contributed by atoms with van der Waals surface area (Å²) in [5.41, 5.74) is 0.922. The Bertz CT molecular complexity index is 1050. The topological polar surface area (TPSA) is 111 Å². The first kappa shape index (κ1) is 20.1. The van der Waals surface area contributed by atoms with Gasteiger partial charge < -0.3 is 4.52 Å². The van der Waals surface area contributed by atoms with Crippen molar-refractivity contribution < 1.29 is 27.3 Å². The number of carbonyl (C=O) groups excluding carboxylic acids is 3. The number of aromatic nitrogens is 1. The van der Waals surface area contributed by atoms with Gasteiger partial charge in [0, 0.05) is 36.3 Å². The van der Waals surface area contributed by atoms with Crippen LogP contribution in [0, 0.1) is 5.92 Å². The van der Waals surface area contributed by atoms with Crippen molar-refractivity contribution in [1.82, 2.24) is 5.16 Å². The number of rotatable bonds is 5. The smallest absolute Gasteiger partial charge is 0.180 e. The molecule has 1 aromatic heterocycles. The average Bonchev–Trinajstić information content (AvgIpc) is 3.10. The fraction of sp³-hybridized carbons (Fsp3) is 0.400. The Labute approximate surface area is 163 Å². The maximum atomic E-state index is 12.8. The first-order chi connectivity index (χ1) is 13.1. The summed E-state index contributed by atoms with van der Waals surface area (Å²) in [6.45, 7) is 3.83. The molecule has 1 aliphatic carbocycles. The Kier molecular flexibility index (Phi) is 5.34. The number of benzene rings is 1. The average molecular weight is 403 g/mol. The number of hydrogen-bond acceptors (Lipinski definition) is 7. The van der Waals surface area contributed by atoms with E-state index in [0.717, 1.165) is 6.26 Å². The molecule has 1 aromatic carbocycles. The quantitative estimate of drug-likeness (QED) is 0.557. The zero-order chi connectivity index (χ0) is 20.6. The highest BCUT2D eigenvalue weighted by Gasteiger charge is 2.37. The first-order valence-corrected chi connectivity index (χ1v) is 10.9. The van der Waals surface area contributed by atoms with E-state index in [2.05, 4.69) is 5.16 Å². The van der Waals surface area contributed by atoms with Crippen molar-refractivity contribution in [2.75, 3.05) is 6.26 Å². The SMILES string of the molecule is CC(C)c1cc(-c2cc(C(=O)C3C(=O)CCCC3=O)ccc2S(C)(=O)=O)on1. The number of sulfone groups is 1. The highest BCUT2D eigenvalue weighted by Crippen LogP contribution is 2.32. The Hall–Kier alpha value is -2.61. The monoisotopic (exact) mass is 403 g/mol. The van der Waals surface area contributed by atoms with Crippen LogP contribution in [0.5, 0.6) is 0 Å². The molecular weight excluding hydrogens is 382 g/mol. The van der Waals surface area contributed by atoms with Crippen molar-refractivity contribution in [2.24, 2.45) is 5.92 Å². The van der Waals surface area contributed by atoms with Crippen LogP contribution in [0.4, 0.5) is 0 Å². The molecule has 1 fully saturated rings. The number of carbonyl (C=O) groups is 3. The van der Waals surface area contributed by atoms with Crippen molar-refractivity contribution in [3.63, 3.8) is 0 Å². The Balaban J connectivity index is 2.11. The van der Waals surface area contributed by atoms with Crippen LogP contribution in [0.1, 0.15) is 55.1 Å². The molecule has 0 spiro atoms. The van der Waals surface area contributed by atoms with Crippen molar-refractivity contribution in [2.45, 2.75) is 43.9 Å². The highest BCUT2D eigenvalue weighted by molar-refractivity contribution is 7.90.